The Kier molecular flexibility index (Phi) is 5.24. The van der Waals surface area contributed by atoms with Crippen LogP contribution in [0.15, 0.2) is 83.7 Å². The van der Waals surface area contributed by atoms with Crippen LogP contribution in [-0.2, 0) is 6.61 Å². The smallest absolute Gasteiger partial charge is 0.291 e. The summed E-state index contributed by atoms with van der Waals surface area (Å²) < 4.78 is 7.74. The van der Waals surface area contributed by atoms with Crippen LogP contribution in [0.3, 0.4) is 0 Å². The minimum absolute atomic E-state index is 0.183. The SMILES string of the molecule is O=c1/c(=C/c2ccc(OCc3ccccc3)cc2)sc2nc(-c3ccc(Cl)cc3)nn12. The second-order valence-corrected chi connectivity index (χ2v) is 8.34. The summed E-state index contributed by atoms with van der Waals surface area (Å²) in [6, 6.07) is 24.9. The number of ether oxygens (including phenoxy) is 1. The van der Waals surface area contributed by atoms with E-state index in [4.69, 9.17) is 16.3 Å². The fraction of sp³-hybridized carbons (Fsp3) is 0.0417. The normalized spacial score (nSPS) is 11.8. The maximum Gasteiger partial charge on any atom is 0.291 e. The van der Waals surface area contributed by atoms with Crippen molar-refractivity contribution in [3.63, 3.8) is 0 Å². The minimum Gasteiger partial charge on any atom is -0.489 e. The van der Waals surface area contributed by atoms with Gasteiger partial charge >= 0.3 is 0 Å². The Morgan fingerprint density at radius 3 is 2.42 bits per heavy atom. The summed E-state index contributed by atoms with van der Waals surface area (Å²) in [7, 11) is 0. The Morgan fingerprint density at radius 1 is 0.968 bits per heavy atom. The summed E-state index contributed by atoms with van der Waals surface area (Å²) in [5.74, 6) is 1.28. The van der Waals surface area contributed by atoms with E-state index in [1.54, 1.807) is 12.1 Å². The van der Waals surface area contributed by atoms with Gasteiger partial charge in [0.25, 0.3) is 5.56 Å². The number of hydrogen-bond donors (Lipinski definition) is 0. The van der Waals surface area contributed by atoms with Gasteiger partial charge in [-0.3, -0.25) is 4.79 Å². The Labute approximate surface area is 186 Å². The van der Waals surface area contributed by atoms with E-state index in [2.05, 4.69) is 10.1 Å². The van der Waals surface area contributed by atoms with E-state index in [9.17, 15) is 4.79 Å². The van der Waals surface area contributed by atoms with E-state index in [0.717, 1.165) is 22.4 Å². The standard InChI is InChI=1S/C24H16ClN3O2S/c25-19-10-8-18(9-11-19)22-26-24-28(27-22)23(29)21(31-24)14-16-6-12-20(13-7-16)30-15-17-4-2-1-3-5-17/h1-14H,15H2/b21-14-. The molecular formula is C24H16ClN3O2S. The highest BCUT2D eigenvalue weighted by Gasteiger charge is 2.12. The maximum atomic E-state index is 12.8. The third kappa shape index (κ3) is 4.21. The van der Waals surface area contributed by atoms with Crippen LogP contribution in [0.25, 0.3) is 22.4 Å². The lowest BCUT2D eigenvalue weighted by Crippen LogP contribution is -2.23. The third-order valence-corrected chi connectivity index (χ3v) is 5.92. The van der Waals surface area contributed by atoms with Gasteiger partial charge in [0.05, 0.1) is 4.53 Å². The van der Waals surface area contributed by atoms with Gasteiger partial charge < -0.3 is 4.74 Å². The Bertz CT molecular complexity index is 1440. The molecule has 7 heteroatoms. The highest BCUT2D eigenvalue weighted by Crippen LogP contribution is 2.19. The van der Waals surface area contributed by atoms with Crippen LogP contribution >= 0.6 is 22.9 Å². The molecule has 0 radical (unpaired) electrons. The fourth-order valence-corrected chi connectivity index (χ4v) is 4.14. The van der Waals surface area contributed by atoms with Gasteiger partial charge in [-0.2, -0.15) is 9.50 Å². The van der Waals surface area contributed by atoms with Gasteiger partial charge in [0.2, 0.25) is 4.96 Å². The van der Waals surface area contributed by atoms with E-state index < -0.39 is 0 Å². The van der Waals surface area contributed by atoms with Gasteiger partial charge in [-0.25, -0.2) is 0 Å². The molecule has 5 rings (SSSR count). The molecule has 2 heterocycles. The van der Waals surface area contributed by atoms with Gasteiger partial charge in [0.1, 0.15) is 12.4 Å². The number of rotatable bonds is 5. The van der Waals surface area contributed by atoms with Crippen LogP contribution in [-0.4, -0.2) is 14.6 Å². The number of nitrogens with zero attached hydrogens (tertiary/aromatic N) is 3. The van der Waals surface area contributed by atoms with Crippen LogP contribution in [0.1, 0.15) is 11.1 Å². The Hall–Kier alpha value is -3.48. The van der Waals surface area contributed by atoms with Gasteiger partial charge in [0.15, 0.2) is 5.82 Å². The molecule has 0 aliphatic rings. The predicted molar refractivity (Wildman–Crippen MR) is 124 cm³/mol. The molecule has 0 spiro atoms. The van der Waals surface area contributed by atoms with E-state index in [-0.39, 0.29) is 5.56 Å². The summed E-state index contributed by atoms with van der Waals surface area (Å²) in [6.45, 7) is 0.512. The zero-order chi connectivity index (χ0) is 21.2. The Morgan fingerprint density at radius 2 is 1.71 bits per heavy atom. The molecule has 5 nitrogen and oxygen atoms in total. The molecule has 0 aliphatic heterocycles. The molecule has 0 atom stereocenters. The van der Waals surface area contributed by atoms with Gasteiger partial charge in [-0.1, -0.05) is 65.4 Å². The molecule has 31 heavy (non-hydrogen) atoms. The fourth-order valence-electron chi connectivity index (χ4n) is 3.11. The van der Waals surface area contributed by atoms with Crippen molar-refractivity contribution < 1.29 is 4.74 Å². The molecule has 2 aromatic heterocycles. The van der Waals surface area contributed by atoms with E-state index >= 15 is 0 Å². The molecular weight excluding hydrogens is 430 g/mol. The zero-order valence-electron chi connectivity index (χ0n) is 16.2. The maximum absolute atomic E-state index is 12.8. The third-order valence-electron chi connectivity index (χ3n) is 4.71. The first-order valence-corrected chi connectivity index (χ1v) is 10.8. The van der Waals surface area contributed by atoms with Gasteiger partial charge in [-0.15, -0.1) is 5.10 Å². The van der Waals surface area contributed by atoms with Crippen LogP contribution in [0.5, 0.6) is 5.75 Å². The van der Waals surface area contributed by atoms with E-state index in [1.807, 2.05) is 72.8 Å². The lowest BCUT2D eigenvalue weighted by Gasteiger charge is -2.06. The lowest BCUT2D eigenvalue weighted by molar-refractivity contribution is 0.306. The zero-order valence-corrected chi connectivity index (χ0v) is 17.8. The predicted octanol–water partition coefficient (Wildman–Crippen LogP) is 4.60. The largest absolute Gasteiger partial charge is 0.489 e. The first-order chi connectivity index (χ1) is 15.2. The second-order valence-electron chi connectivity index (χ2n) is 6.90. The van der Waals surface area contributed by atoms with Crippen LogP contribution in [0.4, 0.5) is 0 Å². The molecule has 0 saturated carbocycles. The highest BCUT2D eigenvalue weighted by molar-refractivity contribution is 7.15. The first-order valence-electron chi connectivity index (χ1n) is 9.60. The van der Waals surface area contributed by atoms with Crippen LogP contribution < -0.4 is 14.8 Å². The second kappa shape index (κ2) is 8.34. The molecule has 5 aromatic rings. The van der Waals surface area contributed by atoms with Gasteiger partial charge in [-0.05, 0) is 53.6 Å². The summed E-state index contributed by atoms with van der Waals surface area (Å²) in [6.07, 6.45) is 1.84. The molecule has 0 bridgehead atoms. The number of halogens is 1. The van der Waals surface area contributed by atoms with Crippen molar-refractivity contribution in [1.29, 1.82) is 0 Å². The molecule has 0 N–H and O–H groups in total. The van der Waals surface area contributed by atoms with Crippen molar-refractivity contribution >= 4 is 34.0 Å². The topological polar surface area (TPSA) is 56.5 Å². The molecule has 0 unspecified atom stereocenters. The number of fused-ring (bicyclic) bond motifs is 1. The minimum atomic E-state index is -0.183. The van der Waals surface area contributed by atoms with Crippen molar-refractivity contribution in [2.24, 2.45) is 0 Å². The van der Waals surface area contributed by atoms with Crippen molar-refractivity contribution in [1.82, 2.24) is 14.6 Å². The number of aromatic nitrogens is 3. The molecule has 152 valence electrons. The quantitative estimate of drug-likeness (QED) is 0.397. The number of thiazole rings is 1. The van der Waals surface area contributed by atoms with Gasteiger partial charge in [0, 0.05) is 10.6 Å². The number of hydrogen-bond acceptors (Lipinski definition) is 5. The molecule has 0 amide bonds. The number of benzene rings is 3. The van der Waals surface area contributed by atoms with Crippen molar-refractivity contribution in [3.8, 4) is 17.1 Å². The van der Waals surface area contributed by atoms with Crippen molar-refractivity contribution in [3.05, 3.63) is 110 Å². The summed E-state index contributed by atoms with van der Waals surface area (Å²) in [5.41, 5.74) is 2.65. The summed E-state index contributed by atoms with van der Waals surface area (Å²) >= 11 is 7.24. The van der Waals surface area contributed by atoms with Crippen molar-refractivity contribution in [2.75, 3.05) is 0 Å². The molecule has 0 saturated heterocycles. The molecule has 0 aliphatic carbocycles. The first kappa shape index (κ1) is 19.5. The Balaban J connectivity index is 1.37. The van der Waals surface area contributed by atoms with E-state index in [1.165, 1.54) is 15.9 Å². The lowest BCUT2D eigenvalue weighted by atomic mass is 10.2. The summed E-state index contributed by atoms with van der Waals surface area (Å²) in [5, 5.41) is 5.00. The average Bonchev–Trinajstić information content (AvgIpc) is 3.34. The average molecular weight is 446 g/mol. The highest BCUT2D eigenvalue weighted by atomic mass is 35.5. The van der Waals surface area contributed by atoms with Crippen LogP contribution in [0.2, 0.25) is 5.02 Å². The van der Waals surface area contributed by atoms with Crippen molar-refractivity contribution in [2.45, 2.75) is 6.61 Å². The van der Waals surface area contributed by atoms with Crippen LogP contribution in [0, 0.1) is 0 Å². The van der Waals surface area contributed by atoms with E-state index in [0.29, 0.717) is 26.9 Å². The molecule has 0 fully saturated rings. The summed E-state index contributed by atoms with van der Waals surface area (Å²) in [4.78, 5) is 17.8. The molecule has 3 aromatic carbocycles. The monoisotopic (exact) mass is 445 g/mol.